The minimum atomic E-state index is -0.548. The maximum atomic E-state index is 12.3. The second kappa shape index (κ2) is 6.04. The number of methoxy groups -OCH3 is 1. The first-order chi connectivity index (χ1) is 10.0. The van der Waals surface area contributed by atoms with Crippen molar-refractivity contribution in [3.8, 4) is 5.75 Å². The SMILES string of the molecule is COc1c(C(=O)Nc2ccccc2)ccc(C)c1[N+](=O)[O-]. The van der Waals surface area contributed by atoms with Crippen LogP contribution >= 0.6 is 0 Å². The van der Waals surface area contributed by atoms with Crippen LogP contribution in [0.25, 0.3) is 0 Å². The number of para-hydroxylation sites is 1. The average molecular weight is 286 g/mol. The molecule has 0 unspecified atom stereocenters. The maximum absolute atomic E-state index is 12.3. The summed E-state index contributed by atoms with van der Waals surface area (Å²) < 4.78 is 5.07. The number of carbonyl (C=O) groups is 1. The smallest absolute Gasteiger partial charge is 0.314 e. The first-order valence-electron chi connectivity index (χ1n) is 6.23. The van der Waals surface area contributed by atoms with Gasteiger partial charge in [0.25, 0.3) is 5.91 Å². The number of rotatable bonds is 4. The van der Waals surface area contributed by atoms with E-state index in [1.807, 2.05) is 6.07 Å². The summed E-state index contributed by atoms with van der Waals surface area (Å²) in [6, 6.07) is 11.9. The summed E-state index contributed by atoms with van der Waals surface area (Å²) in [7, 11) is 1.31. The molecule has 0 aromatic heterocycles. The molecule has 6 heteroatoms. The first kappa shape index (κ1) is 14.5. The molecule has 0 heterocycles. The summed E-state index contributed by atoms with van der Waals surface area (Å²) in [6.07, 6.45) is 0. The molecule has 108 valence electrons. The normalized spacial score (nSPS) is 10.0. The number of carbonyl (C=O) groups excluding carboxylic acids is 1. The van der Waals surface area contributed by atoms with Gasteiger partial charge in [-0.05, 0) is 25.1 Å². The third kappa shape index (κ3) is 3.00. The summed E-state index contributed by atoms with van der Waals surface area (Å²) in [6.45, 7) is 1.60. The van der Waals surface area contributed by atoms with Crippen LogP contribution in [-0.2, 0) is 0 Å². The van der Waals surface area contributed by atoms with Crippen LogP contribution in [0.3, 0.4) is 0 Å². The number of hydrogen-bond acceptors (Lipinski definition) is 4. The molecular weight excluding hydrogens is 272 g/mol. The number of nitrogens with zero attached hydrogens (tertiary/aromatic N) is 1. The highest BCUT2D eigenvalue weighted by Gasteiger charge is 2.25. The fourth-order valence-corrected chi connectivity index (χ4v) is 2.00. The van der Waals surface area contributed by atoms with Gasteiger partial charge in [0.15, 0.2) is 0 Å². The van der Waals surface area contributed by atoms with Gasteiger partial charge in [0.05, 0.1) is 17.6 Å². The van der Waals surface area contributed by atoms with Crippen LogP contribution in [0.4, 0.5) is 11.4 Å². The Morgan fingerprint density at radius 3 is 2.43 bits per heavy atom. The third-order valence-electron chi connectivity index (χ3n) is 3.00. The Bertz CT molecular complexity index is 684. The molecule has 2 aromatic carbocycles. The van der Waals surface area contributed by atoms with Crippen molar-refractivity contribution in [3.05, 3.63) is 63.7 Å². The van der Waals surface area contributed by atoms with Gasteiger partial charge in [0.1, 0.15) is 0 Å². The van der Waals surface area contributed by atoms with Crippen LogP contribution in [0.1, 0.15) is 15.9 Å². The number of nitro groups is 1. The van der Waals surface area contributed by atoms with Crippen LogP contribution in [0.15, 0.2) is 42.5 Å². The summed E-state index contributed by atoms with van der Waals surface area (Å²) in [5.41, 5.74) is 0.970. The second-order valence-corrected chi connectivity index (χ2v) is 4.39. The molecule has 0 saturated heterocycles. The Kier molecular flexibility index (Phi) is 4.18. The number of anilines is 1. The lowest BCUT2D eigenvalue weighted by Gasteiger charge is -2.11. The Balaban J connectivity index is 2.42. The van der Waals surface area contributed by atoms with Crippen LogP contribution in [-0.4, -0.2) is 17.9 Å². The van der Waals surface area contributed by atoms with Crippen LogP contribution in [0.2, 0.25) is 0 Å². The Hall–Kier alpha value is -2.89. The van der Waals surface area contributed by atoms with Gasteiger partial charge >= 0.3 is 5.69 Å². The van der Waals surface area contributed by atoms with Crippen molar-refractivity contribution >= 4 is 17.3 Å². The summed E-state index contributed by atoms with van der Waals surface area (Å²) in [4.78, 5) is 22.8. The van der Waals surface area contributed by atoms with E-state index in [1.54, 1.807) is 31.2 Å². The highest BCUT2D eigenvalue weighted by atomic mass is 16.6. The van der Waals surface area contributed by atoms with Gasteiger partial charge in [-0.15, -0.1) is 0 Å². The van der Waals surface area contributed by atoms with Crippen molar-refractivity contribution in [2.45, 2.75) is 6.92 Å². The highest BCUT2D eigenvalue weighted by molar-refractivity contribution is 6.07. The zero-order chi connectivity index (χ0) is 15.4. The largest absolute Gasteiger partial charge is 0.490 e. The topological polar surface area (TPSA) is 81.5 Å². The van der Waals surface area contributed by atoms with Gasteiger partial charge in [-0.2, -0.15) is 0 Å². The van der Waals surface area contributed by atoms with Crippen LogP contribution in [0.5, 0.6) is 5.75 Å². The second-order valence-electron chi connectivity index (χ2n) is 4.39. The van der Waals surface area contributed by atoms with Crippen LogP contribution < -0.4 is 10.1 Å². The lowest BCUT2D eigenvalue weighted by atomic mass is 10.1. The van der Waals surface area contributed by atoms with E-state index in [-0.39, 0.29) is 17.0 Å². The molecular formula is C15H14N2O4. The molecule has 0 spiro atoms. The molecule has 21 heavy (non-hydrogen) atoms. The molecule has 0 aliphatic carbocycles. The van der Waals surface area contributed by atoms with Gasteiger partial charge < -0.3 is 10.1 Å². The zero-order valence-electron chi connectivity index (χ0n) is 11.6. The predicted octanol–water partition coefficient (Wildman–Crippen LogP) is 3.16. The number of benzene rings is 2. The van der Waals surface area contributed by atoms with Gasteiger partial charge in [0.2, 0.25) is 5.75 Å². The minimum absolute atomic E-state index is 0.0339. The van der Waals surface area contributed by atoms with E-state index >= 15 is 0 Å². The van der Waals surface area contributed by atoms with E-state index < -0.39 is 10.8 Å². The van der Waals surface area contributed by atoms with Gasteiger partial charge in [0, 0.05) is 11.3 Å². The molecule has 0 atom stereocenters. The molecule has 1 N–H and O–H groups in total. The molecule has 2 aromatic rings. The maximum Gasteiger partial charge on any atom is 0.314 e. The van der Waals surface area contributed by atoms with Crippen molar-refractivity contribution < 1.29 is 14.5 Å². The van der Waals surface area contributed by atoms with Gasteiger partial charge in [-0.1, -0.05) is 24.3 Å². The summed E-state index contributed by atoms with van der Waals surface area (Å²) >= 11 is 0. The van der Waals surface area contributed by atoms with Gasteiger partial charge in [-0.3, -0.25) is 14.9 Å². The molecule has 2 rings (SSSR count). The molecule has 0 saturated carbocycles. The zero-order valence-corrected chi connectivity index (χ0v) is 11.6. The summed E-state index contributed by atoms with van der Waals surface area (Å²) in [5.74, 6) is -0.491. The molecule has 0 aliphatic rings. The highest BCUT2D eigenvalue weighted by Crippen LogP contribution is 2.34. The fraction of sp³-hybridized carbons (Fsp3) is 0.133. The lowest BCUT2D eigenvalue weighted by molar-refractivity contribution is -0.386. The number of nitrogens with one attached hydrogen (secondary N) is 1. The Morgan fingerprint density at radius 2 is 1.86 bits per heavy atom. The lowest BCUT2D eigenvalue weighted by Crippen LogP contribution is -2.14. The molecule has 0 fully saturated rings. The van der Waals surface area contributed by atoms with E-state index in [9.17, 15) is 14.9 Å². The Morgan fingerprint density at radius 1 is 1.19 bits per heavy atom. The molecule has 1 amide bonds. The minimum Gasteiger partial charge on any atom is -0.490 e. The number of hydrogen-bond donors (Lipinski definition) is 1. The number of ether oxygens (including phenoxy) is 1. The van der Waals surface area contributed by atoms with Crippen molar-refractivity contribution in [2.24, 2.45) is 0 Å². The van der Waals surface area contributed by atoms with E-state index in [1.165, 1.54) is 19.2 Å². The van der Waals surface area contributed by atoms with Gasteiger partial charge in [-0.25, -0.2) is 0 Å². The first-order valence-corrected chi connectivity index (χ1v) is 6.23. The van der Waals surface area contributed by atoms with E-state index in [2.05, 4.69) is 5.32 Å². The monoisotopic (exact) mass is 286 g/mol. The molecule has 0 aliphatic heterocycles. The van der Waals surface area contributed by atoms with E-state index in [0.29, 0.717) is 11.3 Å². The van der Waals surface area contributed by atoms with Crippen molar-refractivity contribution in [1.29, 1.82) is 0 Å². The molecule has 6 nitrogen and oxygen atoms in total. The number of amides is 1. The Labute approximate surface area is 121 Å². The molecule has 0 bridgehead atoms. The average Bonchev–Trinajstić information content (AvgIpc) is 2.47. The van der Waals surface area contributed by atoms with Crippen molar-refractivity contribution in [3.63, 3.8) is 0 Å². The third-order valence-corrected chi connectivity index (χ3v) is 3.00. The molecule has 0 radical (unpaired) electrons. The van der Waals surface area contributed by atoms with E-state index in [4.69, 9.17) is 4.74 Å². The van der Waals surface area contributed by atoms with Crippen molar-refractivity contribution in [1.82, 2.24) is 0 Å². The number of nitro benzene ring substituents is 1. The fourth-order valence-electron chi connectivity index (χ4n) is 2.00. The summed E-state index contributed by atoms with van der Waals surface area (Å²) in [5, 5.41) is 13.8. The quantitative estimate of drug-likeness (QED) is 0.691. The van der Waals surface area contributed by atoms with Crippen molar-refractivity contribution in [2.75, 3.05) is 12.4 Å². The standard InChI is InChI=1S/C15H14N2O4/c1-10-8-9-12(14(21-2)13(10)17(19)20)15(18)16-11-6-4-3-5-7-11/h3-9H,1-2H3,(H,16,18). The predicted molar refractivity (Wildman–Crippen MR) is 78.8 cm³/mol. The van der Waals surface area contributed by atoms with E-state index in [0.717, 1.165) is 0 Å². The number of aryl methyl sites for hydroxylation is 1. The van der Waals surface area contributed by atoms with Crippen LogP contribution in [0, 0.1) is 17.0 Å².